The number of hydrogen-bond donors (Lipinski definition) is 1. The van der Waals surface area contributed by atoms with E-state index in [1.165, 1.54) is 0 Å². The van der Waals surface area contributed by atoms with Crippen LogP contribution >= 0.6 is 23.2 Å². The first kappa shape index (κ1) is 26.6. The van der Waals surface area contributed by atoms with Crippen molar-refractivity contribution in [1.82, 2.24) is 10.2 Å². The predicted octanol–water partition coefficient (Wildman–Crippen LogP) is 5.93. The highest BCUT2D eigenvalue weighted by atomic mass is 35.5. The van der Waals surface area contributed by atoms with Gasteiger partial charge in [-0.2, -0.15) is 0 Å². The second kappa shape index (κ2) is 12.1. The first-order valence-corrected chi connectivity index (χ1v) is 12.1. The third-order valence-electron chi connectivity index (χ3n) is 5.19. The van der Waals surface area contributed by atoms with Crippen molar-refractivity contribution in [3.8, 4) is 5.75 Å². The summed E-state index contributed by atoms with van der Waals surface area (Å²) in [6.45, 7) is 5.74. The van der Waals surface area contributed by atoms with E-state index in [-0.39, 0.29) is 25.0 Å². The molecule has 0 aromatic heterocycles. The van der Waals surface area contributed by atoms with E-state index in [9.17, 15) is 9.59 Å². The molecular weight excluding hydrogens is 483 g/mol. The summed E-state index contributed by atoms with van der Waals surface area (Å²) in [6.07, 6.45) is 0.360. The van der Waals surface area contributed by atoms with Crippen LogP contribution in [0.3, 0.4) is 0 Å². The number of ether oxygens (including phenoxy) is 1. The van der Waals surface area contributed by atoms with Crippen molar-refractivity contribution < 1.29 is 14.3 Å². The Balaban J connectivity index is 1.92. The second-order valence-electron chi connectivity index (χ2n) is 9.34. The average Bonchev–Trinajstić information content (AvgIpc) is 2.80. The van der Waals surface area contributed by atoms with Gasteiger partial charge in [0.05, 0.1) is 0 Å². The molecule has 7 heteroatoms. The fraction of sp³-hybridized carbons (Fsp3) is 0.286. The van der Waals surface area contributed by atoms with Crippen LogP contribution in [0.15, 0.2) is 78.9 Å². The maximum Gasteiger partial charge on any atom is 0.261 e. The van der Waals surface area contributed by atoms with Crippen molar-refractivity contribution in [3.05, 3.63) is 100 Å². The molecule has 3 aromatic rings. The highest BCUT2D eigenvalue weighted by Crippen LogP contribution is 2.20. The molecule has 0 aliphatic rings. The number of nitrogens with zero attached hydrogens (tertiary/aromatic N) is 1. The van der Waals surface area contributed by atoms with Crippen molar-refractivity contribution in [2.45, 2.75) is 45.3 Å². The molecule has 0 aliphatic carbocycles. The van der Waals surface area contributed by atoms with Gasteiger partial charge in [-0.05, 0) is 62.2 Å². The minimum atomic E-state index is -0.747. The Morgan fingerprint density at radius 1 is 0.886 bits per heavy atom. The van der Waals surface area contributed by atoms with Gasteiger partial charge in [0.25, 0.3) is 5.91 Å². The average molecular weight is 513 g/mol. The van der Waals surface area contributed by atoms with Crippen LogP contribution in [0.4, 0.5) is 0 Å². The Morgan fingerprint density at radius 2 is 1.57 bits per heavy atom. The van der Waals surface area contributed by atoms with Gasteiger partial charge < -0.3 is 15.0 Å². The number of hydrogen-bond acceptors (Lipinski definition) is 3. The summed E-state index contributed by atoms with van der Waals surface area (Å²) in [6, 6.07) is 23.0. The van der Waals surface area contributed by atoms with Gasteiger partial charge in [0, 0.05) is 28.5 Å². The van der Waals surface area contributed by atoms with Crippen LogP contribution in [-0.2, 0) is 22.6 Å². The van der Waals surface area contributed by atoms with Gasteiger partial charge in [-0.3, -0.25) is 9.59 Å². The molecule has 1 unspecified atom stereocenters. The molecule has 0 radical (unpaired) electrons. The molecular formula is C28H30Cl2N2O3. The van der Waals surface area contributed by atoms with Crippen LogP contribution in [0.5, 0.6) is 5.75 Å². The Bertz CT molecular complexity index is 1130. The molecule has 0 saturated carbocycles. The van der Waals surface area contributed by atoms with Crippen LogP contribution in [0.2, 0.25) is 10.0 Å². The normalized spacial score (nSPS) is 12.0. The highest BCUT2D eigenvalue weighted by molar-refractivity contribution is 6.30. The monoisotopic (exact) mass is 512 g/mol. The first-order chi connectivity index (χ1) is 16.6. The van der Waals surface area contributed by atoms with E-state index in [1.54, 1.807) is 41.3 Å². The number of benzene rings is 3. The fourth-order valence-corrected chi connectivity index (χ4v) is 3.88. The number of nitrogens with one attached hydrogen (secondary N) is 1. The zero-order chi connectivity index (χ0) is 25.4. The Kier molecular flexibility index (Phi) is 9.19. The van der Waals surface area contributed by atoms with Gasteiger partial charge in [-0.15, -0.1) is 0 Å². The number of rotatable bonds is 9. The minimum absolute atomic E-state index is 0.226. The van der Waals surface area contributed by atoms with Gasteiger partial charge in [0.1, 0.15) is 11.8 Å². The SMILES string of the molecule is CC(C)(C)NC(=O)C(Cc1ccccc1)N(Cc1ccc(Cl)cc1)C(=O)COc1cccc(Cl)c1. The van der Waals surface area contributed by atoms with E-state index in [0.29, 0.717) is 22.2 Å². The van der Waals surface area contributed by atoms with Crippen LogP contribution in [0.1, 0.15) is 31.9 Å². The van der Waals surface area contributed by atoms with Gasteiger partial charge >= 0.3 is 0 Å². The van der Waals surface area contributed by atoms with Crippen LogP contribution in [0, 0.1) is 0 Å². The third-order valence-corrected chi connectivity index (χ3v) is 5.68. The van der Waals surface area contributed by atoms with Crippen molar-refractivity contribution in [2.75, 3.05) is 6.61 Å². The van der Waals surface area contributed by atoms with Crippen molar-refractivity contribution >= 4 is 35.0 Å². The maximum atomic E-state index is 13.5. The fourth-order valence-electron chi connectivity index (χ4n) is 3.58. The quantitative estimate of drug-likeness (QED) is 0.386. The van der Waals surface area contributed by atoms with Gasteiger partial charge in [0.15, 0.2) is 6.61 Å². The molecule has 2 amide bonds. The molecule has 1 atom stereocenters. The zero-order valence-electron chi connectivity index (χ0n) is 20.1. The van der Waals surface area contributed by atoms with E-state index >= 15 is 0 Å². The first-order valence-electron chi connectivity index (χ1n) is 11.4. The smallest absolute Gasteiger partial charge is 0.261 e. The van der Waals surface area contributed by atoms with Crippen molar-refractivity contribution in [1.29, 1.82) is 0 Å². The summed E-state index contributed by atoms with van der Waals surface area (Å²) >= 11 is 12.1. The summed E-state index contributed by atoms with van der Waals surface area (Å²) in [5.41, 5.74) is 1.34. The van der Waals surface area contributed by atoms with Crippen LogP contribution in [-0.4, -0.2) is 34.9 Å². The van der Waals surface area contributed by atoms with Crippen LogP contribution in [0.25, 0.3) is 0 Å². The molecule has 5 nitrogen and oxygen atoms in total. The van der Waals surface area contributed by atoms with Crippen LogP contribution < -0.4 is 10.1 Å². The van der Waals surface area contributed by atoms with Gasteiger partial charge in [0.2, 0.25) is 5.91 Å². The molecule has 35 heavy (non-hydrogen) atoms. The summed E-state index contributed by atoms with van der Waals surface area (Å²) in [5, 5.41) is 4.15. The van der Waals surface area contributed by atoms with Crippen molar-refractivity contribution in [3.63, 3.8) is 0 Å². The lowest BCUT2D eigenvalue weighted by Gasteiger charge is -2.33. The number of carbonyl (C=O) groups excluding carboxylic acids is 2. The largest absolute Gasteiger partial charge is 0.484 e. The topological polar surface area (TPSA) is 58.6 Å². The molecule has 184 valence electrons. The molecule has 0 saturated heterocycles. The Labute approximate surface area is 217 Å². The molecule has 1 N–H and O–H groups in total. The Hall–Kier alpha value is -3.02. The van der Waals surface area contributed by atoms with E-state index < -0.39 is 11.6 Å². The molecule has 3 aromatic carbocycles. The molecule has 0 aliphatic heterocycles. The van der Waals surface area contributed by atoms with E-state index in [1.807, 2.05) is 63.2 Å². The summed E-state index contributed by atoms with van der Waals surface area (Å²) in [7, 11) is 0. The van der Waals surface area contributed by atoms with E-state index in [4.69, 9.17) is 27.9 Å². The summed E-state index contributed by atoms with van der Waals surface area (Å²) in [4.78, 5) is 28.6. The molecule has 0 bridgehead atoms. The van der Waals surface area contributed by atoms with Gasteiger partial charge in [-0.25, -0.2) is 0 Å². The molecule has 0 fully saturated rings. The lowest BCUT2D eigenvalue weighted by atomic mass is 10.0. The van der Waals surface area contributed by atoms with E-state index in [2.05, 4.69) is 5.32 Å². The highest BCUT2D eigenvalue weighted by Gasteiger charge is 2.32. The van der Waals surface area contributed by atoms with Gasteiger partial charge in [-0.1, -0.05) is 71.7 Å². The number of amides is 2. The second-order valence-corrected chi connectivity index (χ2v) is 10.2. The Morgan fingerprint density at radius 3 is 2.20 bits per heavy atom. The predicted molar refractivity (Wildman–Crippen MR) is 141 cm³/mol. The molecule has 0 heterocycles. The number of carbonyl (C=O) groups is 2. The molecule has 3 rings (SSSR count). The summed E-state index contributed by atoms with van der Waals surface area (Å²) in [5.74, 6) is -0.0626. The molecule has 0 spiro atoms. The third kappa shape index (κ3) is 8.61. The minimum Gasteiger partial charge on any atom is -0.484 e. The maximum absolute atomic E-state index is 13.5. The zero-order valence-corrected chi connectivity index (χ0v) is 21.6. The lowest BCUT2D eigenvalue weighted by molar-refractivity contribution is -0.143. The van der Waals surface area contributed by atoms with Crippen molar-refractivity contribution in [2.24, 2.45) is 0 Å². The summed E-state index contributed by atoms with van der Waals surface area (Å²) < 4.78 is 5.74. The lowest BCUT2D eigenvalue weighted by Crippen LogP contribution is -2.55. The van der Waals surface area contributed by atoms with E-state index in [0.717, 1.165) is 11.1 Å². The number of halogens is 2. The standard InChI is InChI=1S/C28H30Cl2N2O3/c1-28(2,3)31-27(34)25(16-20-8-5-4-6-9-20)32(18-21-12-14-22(29)15-13-21)26(33)19-35-24-11-7-10-23(30)17-24/h4-15,17,25H,16,18-19H2,1-3H3,(H,31,34).